The molecule has 0 bridgehead atoms. The van der Waals surface area contributed by atoms with E-state index >= 15 is 0 Å². The SMILES string of the molecule is COOCC(COc1nc(N2CCCCC2)c2nc(OCC(COOC)OOC)nc(N3CCCCC3)c2n1)OOC. The Morgan fingerprint density at radius 3 is 1.29 bits per heavy atom. The van der Waals surface area contributed by atoms with Crippen molar-refractivity contribution in [2.45, 2.75) is 50.7 Å². The Kier molecular flexibility index (Phi) is 13.4. The second-order valence-corrected chi connectivity index (χ2v) is 9.75. The van der Waals surface area contributed by atoms with Gasteiger partial charge in [0.25, 0.3) is 0 Å². The number of hydrogen-bond donors (Lipinski definition) is 0. The molecule has 4 heterocycles. The third-order valence-corrected chi connectivity index (χ3v) is 6.78. The molecule has 0 radical (unpaired) electrons. The van der Waals surface area contributed by atoms with Crippen LogP contribution in [0.25, 0.3) is 11.0 Å². The van der Waals surface area contributed by atoms with Crippen molar-refractivity contribution in [3.63, 3.8) is 0 Å². The number of anilines is 2. The number of fused-ring (bicyclic) bond motifs is 1. The van der Waals surface area contributed by atoms with E-state index in [1.807, 2.05) is 0 Å². The molecule has 2 fully saturated rings. The van der Waals surface area contributed by atoms with Crippen LogP contribution in [-0.4, -0.2) is 113 Å². The first-order chi connectivity index (χ1) is 20.7. The fourth-order valence-corrected chi connectivity index (χ4v) is 4.83. The first kappa shape index (κ1) is 32.2. The summed E-state index contributed by atoms with van der Waals surface area (Å²) in [4.78, 5) is 63.2. The molecule has 2 atom stereocenters. The van der Waals surface area contributed by atoms with Crippen LogP contribution >= 0.6 is 0 Å². The lowest BCUT2D eigenvalue weighted by Gasteiger charge is -2.31. The van der Waals surface area contributed by atoms with Gasteiger partial charge in [-0.3, -0.25) is 0 Å². The molecule has 0 amide bonds. The van der Waals surface area contributed by atoms with E-state index in [-0.39, 0.29) is 38.4 Å². The molecule has 0 aromatic carbocycles. The molecule has 0 spiro atoms. The maximum atomic E-state index is 6.02. The highest BCUT2D eigenvalue weighted by Crippen LogP contribution is 2.34. The van der Waals surface area contributed by atoms with Gasteiger partial charge in [-0.2, -0.15) is 19.9 Å². The smallest absolute Gasteiger partial charge is 0.319 e. The maximum absolute atomic E-state index is 6.02. The lowest BCUT2D eigenvalue weighted by atomic mass is 10.1. The van der Waals surface area contributed by atoms with Crippen molar-refractivity contribution in [3.05, 3.63) is 0 Å². The molecular weight excluding hydrogens is 556 g/mol. The average molecular weight is 599 g/mol. The van der Waals surface area contributed by atoms with Crippen LogP contribution in [0.4, 0.5) is 11.6 Å². The first-order valence-electron chi connectivity index (χ1n) is 14.2. The predicted molar refractivity (Wildman–Crippen MR) is 148 cm³/mol. The van der Waals surface area contributed by atoms with Gasteiger partial charge >= 0.3 is 12.0 Å². The number of rotatable bonds is 18. The summed E-state index contributed by atoms with van der Waals surface area (Å²) in [6.45, 7) is 3.63. The maximum Gasteiger partial charge on any atom is 0.319 e. The molecule has 236 valence electrons. The predicted octanol–water partition coefficient (Wildman–Crippen LogP) is 2.21. The van der Waals surface area contributed by atoms with Crippen molar-refractivity contribution in [2.24, 2.45) is 0 Å². The van der Waals surface area contributed by atoms with Crippen LogP contribution in [0, 0.1) is 0 Å². The summed E-state index contributed by atoms with van der Waals surface area (Å²) in [6, 6.07) is 0.344. The molecule has 2 aliphatic heterocycles. The molecule has 2 aliphatic rings. The molecule has 2 aromatic rings. The van der Waals surface area contributed by atoms with Crippen LogP contribution in [0.3, 0.4) is 0 Å². The molecule has 42 heavy (non-hydrogen) atoms. The highest BCUT2D eigenvalue weighted by molar-refractivity contribution is 5.93. The Labute approximate surface area is 245 Å². The van der Waals surface area contributed by atoms with Gasteiger partial charge in [0.1, 0.15) is 37.5 Å². The Morgan fingerprint density at radius 2 is 0.929 bits per heavy atom. The van der Waals surface area contributed by atoms with Crippen LogP contribution in [0.5, 0.6) is 12.0 Å². The van der Waals surface area contributed by atoms with Crippen molar-refractivity contribution >= 4 is 22.7 Å². The summed E-state index contributed by atoms with van der Waals surface area (Å²) in [6.07, 6.45) is 5.34. The largest absolute Gasteiger partial charge is 0.460 e. The minimum Gasteiger partial charge on any atom is -0.460 e. The summed E-state index contributed by atoms with van der Waals surface area (Å²) < 4.78 is 12.0. The molecule has 2 saturated heterocycles. The van der Waals surface area contributed by atoms with Gasteiger partial charge in [0.2, 0.25) is 0 Å². The third kappa shape index (κ3) is 9.15. The van der Waals surface area contributed by atoms with E-state index in [1.165, 1.54) is 28.4 Å². The van der Waals surface area contributed by atoms with E-state index in [9.17, 15) is 0 Å². The Morgan fingerprint density at radius 1 is 0.524 bits per heavy atom. The van der Waals surface area contributed by atoms with Crippen molar-refractivity contribution in [3.8, 4) is 12.0 Å². The first-order valence-corrected chi connectivity index (χ1v) is 14.2. The molecule has 16 heteroatoms. The van der Waals surface area contributed by atoms with Crippen molar-refractivity contribution < 1.29 is 48.6 Å². The van der Waals surface area contributed by atoms with Gasteiger partial charge in [0.05, 0.1) is 28.4 Å². The third-order valence-electron chi connectivity index (χ3n) is 6.78. The topological polar surface area (TPSA) is 150 Å². The van der Waals surface area contributed by atoms with Gasteiger partial charge in [-0.25, -0.2) is 39.1 Å². The van der Waals surface area contributed by atoms with Gasteiger partial charge in [0, 0.05) is 26.2 Å². The van der Waals surface area contributed by atoms with Crippen molar-refractivity contribution in [2.75, 3.05) is 90.8 Å². The van der Waals surface area contributed by atoms with Crippen LogP contribution in [0.2, 0.25) is 0 Å². The summed E-state index contributed by atoms with van der Waals surface area (Å²) in [5.74, 6) is 1.31. The highest BCUT2D eigenvalue weighted by atomic mass is 17.2. The molecule has 2 unspecified atom stereocenters. The quantitative estimate of drug-likeness (QED) is 0.182. The van der Waals surface area contributed by atoms with Crippen molar-refractivity contribution in [1.82, 2.24) is 19.9 Å². The van der Waals surface area contributed by atoms with E-state index in [1.54, 1.807) is 0 Å². The van der Waals surface area contributed by atoms with E-state index < -0.39 is 12.2 Å². The second-order valence-electron chi connectivity index (χ2n) is 9.75. The van der Waals surface area contributed by atoms with Gasteiger partial charge in [-0.1, -0.05) is 0 Å². The van der Waals surface area contributed by atoms with Crippen LogP contribution in [0.1, 0.15) is 38.5 Å². The van der Waals surface area contributed by atoms with Crippen LogP contribution < -0.4 is 19.3 Å². The summed E-state index contributed by atoms with van der Waals surface area (Å²) in [5.41, 5.74) is 1.17. The van der Waals surface area contributed by atoms with Gasteiger partial charge in [-0.05, 0) is 38.5 Å². The zero-order valence-corrected chi connectivity index (χ0v) is 24.8. The molecule has 0 aliphatic carbocycles. The zero-order valence-electron chi connectivity index (χ0n) is 24.8. The number of nitrogens with zero attached hydrogens (tertiary/aromatic N) is 6. The monoisotopic (exact) mass is 598 g/mol. The van der Waals surface area contributed by atoms with E-state index in [0.29, 0.717) is 22.7 Å². The van der Waals surface area contributed by atoms with Crippen LogP contribution in [0.15, 0.2) is 0 Å². The van der Waals surface area contributed by atoms with Gasteiger partial charge < -0.3 is 19.3 Å². The minimum atomic E-state index is -0.578. The molecule has 4 rings (SSSR count). The molecule has 0 saturated carbocycles. The van der Waals surface area contributed by atoms with E-state index in [0.717, 1.165) is 64.7 Å². The minimum absolute atomic E-state index is 0.0632. The normalized spacial score (nSPS) is 17.4. The van der Waals surface area contributed by atoms with Crippen LogP contribution in [-0.2, 0) is 39.1 Å². The summed E-state index contributed by atoms with van der Waals surface area (Å²) >= 11 is 0. The molecule has 0 N–H and O–H groups in total. The Bertz CT molecular complexity index is 990. The number of hydrogen-bond acceptors (Lipinski definition) is 16. The number of ether oxygens (including phenoxy) is 2. The summed E-state index contributed by atoms with van der Waals surface area (Å²) in [5, 5.41) is 0. The highest BCUT2D eigenvalue weighted by Gasteiger charge is 2.26. The lowest BCUT2D eigenvalue weighted by molar-refractivity contribution is -0.351. The fraction of sp³-hybridized carbons (Fsp3) is 0.769. The molecule has 16 nitrogen and oxygen atoms in total. The number of piperidine rings is 2. The Hall–Kier alpha value is -2.70. The summed E-state index contributed by atoms with van der Waals surface area (Å²) in [7, 11) is 5.66. The number of aromatic nitrogens is 4. The average Bonchev–Trinajstić information content (AvgIpc) is 3.03. The second kappa shape index (κ2) is 17.4. The fourth-order valence-electron chi connectivity index (χ4n) is 4.83. The Balaban J connectivity index is 1.71. The van der Waals surface area contributed by atoms with Gasteiger partial charge in [-0.15, -0.1) is 0 Å². The van der Waals surface area contributed by atoms with Crippen molar-refractivity contribution in [1.29, 1.82) is 0 Å². The zero-order chi connectivity index (χ0) is 29.6. The molecule has 2 aromatic heterocycles. The molecular formula is C26H42N6O10. The lowest BCUT2D eigenvalue weighted by Crippen LogP contribution is -2.33. The van der Waals surface area contributed by atoms with E-state index in [2.05, 4.69) is 9.80 Å². The van der Waals surface area contributed by atoms with Gasteiger partial charge in [0.15, 0.2) is 23.8 Å². The standard InChI is InChI=1S/C26H42N6O10/c1-33-39-17-19(41-35-3)15-37-25-27-21-22(23(29-25)31-11-7-5-8-12-31)28-26(30-24(21)32-13-9-6-10-14-32)38-16-20(42-36-4)18-40-34-2/h19-20H,5-18H2,1-4H3. The van der Waals surface area contributed by atoms with E-state index in [4.69, 9.17) is 68.5 Å².